The van der Waals surface area contributed by atoms with Crippen molar-refractivity contribution >= 4 is 0 Å². The fourth-order valence-electron chi connectivity index (χ4n) is 0.596. The van der Waals surface area contributed by atoms with E-state index in [0.29, 0.717) is 0 Å². The number of allylic oxidation sites excluding steroid dienone is 2. The molecule has 0 amide bonds. The van der Waals surface area contributed by atoms with Gasteiger partial charge in [0, 0.05) is 19.8 Å². The number of likely N-dealkylation sites (N-methyl/N-ethyl adjacent to an activating group) is 1. The largest absolute Gasteiger partial charge is 0.378 e. The van der Waals surface area contributed by atoms with Crippen LogP contribution in [0.1, 0.15) is 27.7 Å². The van der Waals surface area contributed by atoms with Gasteiger partial charge in [0.1, 0.15) is 0 Å². The Morgan fingerprint density at radius 1 is 1.25 bits per heavy atom. The van der Waals surface area contributed by atoms with Gasteiger partial charge in [0.25, 0.3) is 0 Å². The molecule has 0 aromatic rings. The number of rotatable bonds is 2. The molecule has 0 fully saturated rings. The molecule has 0 saturated heterocycles. The van der Waals surface area contributed by atoms with Crippen molar-refractivity contribution in [3.05, 3.63) is 23.9 Å². The second-order valence-corrected chi connectivity index (χ2v) is 4.46. The van der Waals surface area contributed by atoms with Gasteiger partial charge in [-0.3, -0.25) is 0 Å². The minimum atomic E-state index is 0.249. The average Bonchev–Trinajstić information content (AvgIpc) is 1.85. The molecule has 0 atom stereocenters. The van der Waals surface area contributed by atoms with E-state index in [-0.39, 0.29) is 5.41 Å². The molecule has 0 unspecified atom stereocenters. The quantitative estimate of drug-likeness (QED) is 0.571. The van der Waals surface area contributed by atoms with Crippen molar-refractivity contribution in [1.29, 1.82) is 0 Å². The minimum absolute atomic E-state index is 0.249. The van der Waals surface area contributed by atoms with E-state index in [4.69, 9.17) is 0 Å². The lowest BCUT2D eigenvalue weighted by Gasteiger charge is -2.21. The molecule has 0 radical (unpaired) electrons. The van der Waals surface area contributed by atoms with Gasteiger partial charge >= 0.3 is 0 Å². The summed E-state index contributed by atoms with van der Waals surface area (Å²) < 4.78 is 0. The lowest BCUT2D eigenvalue weighted by Crippen LogP contribution is -2.12. The molecular weight excluding hydrogens is 146 g/mol. The molecule has 0 aliphatic rings. The van der Waals surface area contributed by atoms with Gasteiger partial charge in [-0.25, -0.2) is 0 Å². The van der Waals surface area contributed by atoms with Crippen LogP contribution in [0.15, 0.2) is 23.9 Å². The molecule has 1 nitrogen and oxygen atoms in total. The topological polar surface area (TPSA) is 3.24 Å². The lowest BCUT2D eigenvalue weighted by atomic mass is 9.87. The van der Waals surface area contributed by atoms with E-state index in [1.54, 1.807) is 0 Å². The molecule has 0 spiro atoms. The molecular formula is C11H21N. The van der Waals surface area contributed by atoms with Crippen molar-refractivity contribution in [3.8, 4) is 0 Å². The molecule has 0 aliphatic heterocycles. The highest BCUT2D eigenvalue weighted by Gasteiger charge is 2.12. The fourth-order valence-corrected chi connectivity index (χ4v) is 0.596. The smallest absolute Gasteiger partial charge is 0.0287 e. The Labute approximate surface area is 76.8 Å². The maximum atomic E-state index is 3.96. The van der Waals surface area contributed by atoms with Gasteiger partial charge < -0.3 is 4.90 Å². The molecule has 12 heavy (non-hydrogen) atoms. The maximum absolute atomic E-state index is 3.96. The summed E-state index contributed by atoms with van der Waals surface area (Å²) >= 11 is 0. The van der Waals surface area contributed by atoms with Crippen molar-refractivity contribution in [2.45, 2.75) is 27.7 Å². The Balaban J connectivity index is 4.48. The second-order valence-electron chi connectivity index (χ2n) is 4.46. The van der Waals surface area contributed by atoms with Crippen LogP contribution in [0.4, 0.5) is 0 Å². The normalized spacial score (nSPS) is 13.0. The van der Waals surface area contributed by atoms with Gasteiger partial charge in [0.05, 0.1) is 0 Å². The van der Waals surface area contributed by atoms with E-state index in [1.807, 2.05) is 19.0 Å². The van der Waals surface area contributed by atoms with E-state index in [1.165, 1.54) is 5.57 Å². The predicted molar refractivity (Wildman–Crippen MR) is 56.0 cm³/mol. The van der Waals surface area contributed by atoms with Gasteiger partial charge in [-0.05, 0) is 18.4 Å². The molecule has 0 aromatic heterocycles. The van der Waals surface area contributed by atoms with E-state index in [2.05, 4.69) is 40.3 Å². The maximum Gasteiger partial charge on any atom is 0.0287 e. The van der Waals surface area contributed by atoms with Gasteiger partial charge in [-0.1, -0.05) is 32.9 Å². The highest BCUT2D eigenvalue weighted by molar-refractivity contribution is 5.21. The summed E-state index contributed by atoms with van der Waals surface area (Å²) in [7, 11) is 4.02. The van der Waals surface area contributed by atoms with Crippen molar-refractivity contribution < 1.29 is 0 Å². The Kier molecular flexibility index (Phi) is 3.56. The summed E-state index contributed by atoms with van der Waals surface area (Å²) in [6, 6.07) is 0. The first-order valence-corrected chi connectivity index (χ1v) is 4.30. The monoisotopic (exact) mass is 167 g/mol. The third-order valence-electron chi connectivity index (χ3n) is 2.14. The number of nitrogens with zero attached hydrogens (tertiary/aromatic N) is 1. The van der Waals surface area contributed by atoms with Crippen LogP contribution >= 0.6 is 0 Å². The van der Waals surface area contributed by atoms with Crippen LogP contribution in [0.3, 0.4) is 0 Å². The Morgan fingerprint density at radius 2 is 1.67 bits per heavy atom. The lowest BCUT2D eigenvalue weighted by molar-refractivity contribution is 0.492. The first-order chi connectivity index (χ1) is 5.25. The zero-order valence-electron chi connectivity index (χ0n) is 9.23. The summed E-state index contributed by atoms with van der Waals surface area (Å²) in [6.07, 6.45) is 2.14. The van der Waals surface area contributed by atoms with E-state index >= 15 is 0 Å². The Hall–Kier alpha value is -0.720. The molecule has 0 bridgehead atoms. The Morgan fingerprint density at radius 3 is 1.92 bits per heavy atom. The fraction of sp³-hybridized carbons (Fsp3) is 0.636. The molecule has 1 heteroatoms. The van der Waals surface area contributed by atoms with Crippen LogP contribution in [0.5, 0.6) is 0 Å². The molecule has 0 N–H and O–H groups in total. The zero-order chi connectivity index (χ0) is 9.94. The van der Waals surface area contributed by atoms with Gasteiger partial charge in [0.15, 0.2) is 0 Å². The Bertz CT molecular complexity index is 192. The van der Waals surface area contributed by atoms with E-state index in [9.17, 15) is 0 Å². The summed E-state index contributed by atoms with van der Waals surface area (Å²) in [5.74, 6) is 0. The molecule has 0 saturated carbocycles. The van der Waals surface area contributed by atoms with Crippen molar-refractivity contribution in [3.63, 3.8) is 0 Å². The van der Waals surface area contributed by atoms with Gasteiger partial charge in [-0.15, -0.1) is 0 Å². The minimum Gasteiger partial charge on any atom is -0.378 e. The first-order valence-electron chi connectivity index (χ1n) is 4.30. The van der Waals surface area contributed by atoms with Crippen molar-refractivity contribution in [2.75, 3.05) is 14.1 Å². The standard InChI is InChI=1S/C11H21N/c1-9(11(3,4)5)8-10(2)12(6)7/h8H,2H2,1,3-7H3/b9-8+. The SMILES string of the molecule is C=C(/C=C(\C)C(C)(C)C)N(C)C. The van der Waals surface area contributed by atoms with Crippen molar-refractivity contribution in [1.82, 2.24) is 4.90 Å². The summed E-state index contributed by atoms with van der Waals surface area (Å²) in [6.45, 7) is 12.7. The number of hydrogen-bond donors (Lipinski definition) is 0. The predicted octanol–water partition coefficient (Wildman–Crippen LogP) is 3.05. The van der Waals surface area contributed by atoms with E-state index < -0.39 is 0 Å². The van der Waals surface area contributed by atoms with Crippen LogP contribution in [0, 0.1) is 5.41 Å². The molecule has 70 valence electrons. The third kappa shape index (κ3) is 3.61. The van der Waals surface area contributed by atoms with Crippen LogP contribution in [-0.2, 0) is 0 Å². The highest BCUT2D eigenvalue weighted by Crippen LogP contribution is 2.25. The molecule has 0 aromatic carbocycles. The average molecular weight is 167 g/mol. The summed E-state index contributed by atoms with van der Waals surface area (Å²) in [5, 5.41) is 0. The highest BCUT2D eigenvalue weighted by atomic mass is 15.1. The van der Waals surface area contributed by atoms with Crippen LogP contribution in [0.25, 0.3) is 0 Å². The van der Waals surface area contributed by atoms with Gasteiger partial charge in [-0.2, -0.15) is 0 Å². The first kappa shape index (κ1) is 11.3. The third-order valence-corrected chi connectivity index (χ3v) is 2.14. The zero-order valence-corrected chi connectivity index (χ0v) is 9.23. The van der Waals surface area contributed by atoms with Gasteiger partial charge in [0.2, 0.25) is 0 Å². The number of hydrogen-bond acceptors (Lipinski definition) is 1. The summed E-state index contributed by atoms with van der Waals surface area (Å²) in [5.41, 5.74) is 2.67. The summed E-state index contributed by atoms with van der Waals surface area (Å²) in [4.78, 5) is 2.02. The second kappa shape index (κ2) is 3.79. The van der Waals surface area contributed by atoms with Crippen molar-refractivity contribution in [2.24, 2.45) is 5.41 Å². The molecule has 0 heterocycles. The molecule has 0 rings (SSSR count). The molecule has 0 aliphatic carbocycles. The van der Waals surface area contributed by atoms with Crippen LogP contribution in [-0.4, -0.2) is 19.0 Å². The van der Waals surface area contributed by atoms with Crippen LogP contribution in [0.2, 0.25) is 0 Å². The van der Waals surface area contributed by atoms with E-state index in [0.717, 1.165) is 5.70 Å². The van der Waals surface area contributed by atoms with Crippen LogP contribution < -0.4 is 0 Å².